The summed E-state index contributed by atoms with van der Waals surface area (Å²) in [6.07, 6.45) is -1.37. The third kappa shape index (κ3) is 3.67. The van der Waals surface area contributed by atoms with Crippen LogP contribution in [0.15, 0.2) is 21.9 Å². The molecule has 1 aromatic heterocycles. The Morgan fingerprint density at radius 2 is 2.00 bits per heavy atom. The zero-order valence-electron chi connectivity index (χ0n) is 10.7. The highest BCUT2D eigenvalue weighted by Crippen LogP contribution is 2.40. The van der Waals surface area contributed by atoms with E-state index in [1.807, 2.05) is 4.98 Å². The van der Waals surface area contributed by atoms with Crippen molar-refractivity contribution in [3.05, 3.63) is 33.1 Å². The fraction of sp³-hybridized carbons (Fsp3) is 0.600. The van der Waals surface area contributed by atoms with Gasteiger partial charge in [-0.05, 0) is 6.42 Å². The molecule has 1 aliphatic rings. The standard InChI is InChI=1S/C10H15N2O8P/c13-7-1-2-12(10(16)11-7)6-3-5(8(14)9(6)15)4-20-21(17,18)19/h1-2,5-6,8-9,14-15H,3-4H2,(H,11,13,16)(H2,17,18,19). The summed E-state index contributed by atoms with van der Waals surface area (Å²) < 4.78 is 16.0. The first-order valence-electron chi connectivity index (χ1n) is 6.07. The fourth-order valence-corrected chi connectivity index (χ4v) is 2.81. The minimum atomic E-state index is -4.68. The van der Waals surface area contributed by atoms with Crippen LogP contribution in [0.1, 0.15) is 12.5 Å². The number of nitrogens with zero attached hydrogens (tertiary/aromatic N) is 1. The fourth-order valence-electron chi connectivity index (χ4n) is 2.42. The van der Waals surface area contributed by atoms with E-state index in [-0.39, 0.29) is 6.42 Å². The predicted molar refractivity (Wildman–Crippen MR) is 68.5 cm³/mol. The Bertz CT molecular complexity index is 664. The van der Waals surface area contributed by atoms with Gasteiger partial charge in [-0.15, -0.1) is 0 Å². The van der Waals surface area contributed by atoms with E-state index >= 15 is 0 Å². The number of aromatic nitrogens is 2. The number of phosphoric acid groups is 1. The Morgan fingerprint density at radius 1 is 1.33 bits per heavy atom. The molecule has 0 amide bonds. The average Bonchev–Trinajstić information content (AvgIpc) is 2.64. The molecule has 0 radical (unpaired) electrons. The molecule has 1 heterocycles. The van der Waals surface area contributed by atoms with Gasteiger partial charge in [0.05, 0.1) is 18.8 Å². The number of hydrogen-bond donors (Lipinski definition) is 5. The molecule has 4 atom stereocenters. The average molecular weight is 322 g/mol. The van der Waals surface area contributed by atoms with E-state index in [4.69, 9.17) is 9.79 Å². The quantitative estimate of drug-likeness (QED) is 0.395. The number of phosphoric ester groups is 1. The summed E-state index contributed by atoms with van der Waals surface area (Å²) in [6, 6.07) is 0.273. The lowest BCUT2D eigenvalue weighted by molar-refractivity contribution is -0.00459. The molecule has 0 spiro atoms. The molecule has 1 saturated carbocycles. The van der Waals surface area contributed by atoms with Crippen LogP contribution >= 0.6 is 7.82 Å². The second kappa shape index (κ2) is 5.84. The Labute approximate surface area is 117 Å². The molecule has 10 nitrogen and oxygen atoms in total. The Morgan fingerprint density at radius 3 is 2.57 bits per heavy atom. The summed E-state index contributed by atoms with van der Waals surface area (Å²) in [5.74, 6) is -0.753. The van der Waals surface area contributed by atoms with Crippen molar-refractivity contribution >= 4 is 7.82 Å². The molecule has 1 aliphatic carbocycles. The highest BCUT2D eigenvalue weighted by atomic mass is 31.2. The van der Waals surface area contributed by atoms with Crippen LogP contribution < -0.4 is 11.2 Å². The Balaban J connectivity index is 2.18. The van der Waals surface area contributed by atoms with E-state index in [2.05, 4.69) is 4.52 Å². The summed E-state index contributed by atoms with van der Waals surface area (Å²) in [5.41, 5.74) is -1.33. The molecule has 2 rings (SSSR count). The van der Waals surface area contributed by atoms with Crippen molar-refractivity contribution in [2.45, 2.75) is 24.7 Å². The van der Waals surface area contributed by atoms with Gasteiger partial charge in [0.2, 0.25) is 0 Å². The number of aliphatic hydroxyl groups is 2. The third-order valence-corrected chi connectivity index (χ3v) is 3.92. The lowest BCUT2D eigenvalue weighted by Gasteiger charge is -2.18. The number of H-pyrrole nitrogens is 1. The molecule has 118 valence electrons. The van der Waals surface area contributed by atoms with Crippen LogP contribution in [0.25, 0.3) is 0 Å². The first-order chi connectivity index (χ1) is 9.69. The topological polar surface area (TPSA) is 162 Å². The maximum atomic E-state index is 11.7. The van der Waals surface area contributed by atoms with E-state index in [0.717, 1.165) is 10.6 Å². The van der Waals surface area contributed by atoms with E-state index < -0.39 is 49.8 Å². The number of hydrogen-bond acceptors (Lipinski definition) is 6. The molecule has 21 heavy (non-hydrogen) atoms. The van der Waals surface area contributed by atoms with Crippen LogP contribution in [0, 0.1) is 5.92 Å². The van der Waals surface area contributed by atoms with Crippen LogP contribution in [-0.4, -0.2) is 48.4 Å². The van der Waals surface area contributed by atoms with Gasteiger partial charge in [0.15, 0.2) is 0 Å². The molecular weight excluding hydrogens is 307 g/mol. The Kier molecular flexibility index (Phi) is 4.47. The molecule has 1 aromatic rings. The van der Waals surface area contributed by atoms with Crippen molar-refractivity contribution in [3.8, 4) is 0 Å². The second-order valence-corrected chi connectivity index (χ2v) is 6.09. The van der Waals surface area contributed by atoms with Crippen molar-refractivity contribution in [2.24, 2.45) is 5.92 Å². The van der Waals surface area contributed by atoms with E-state index in [1.165, 1.54) is 6.20 Å². The normalized spacial score (nSPS) is 29.7. The smallest absolute Gasteiger partial charge is 0.390 e. The number of aliphatic hydroxyl groups excluding tert-OH is 2. The van der Waals surface area contributed by atoms with E-state index in [0.29, 0.717) is 0 Å². The van der Waals surface area contributed by atoms with Crippen molar-refractivity contribution in [3.63, 3.8) is 0 Å². The van der Waals surface area contributed by atoms with Gasteiger partial charge in [-0.25, -0.2) is 9.36 Å². The van der Waals surface area contributed by atoms with Crippen LogP contribution in [0.5, 0.6) is 0 Å². The van der Waals surface area contributed by atoms with Gasteiger partial charge in [0.1, 0.15) is 6.10 Å². The molecule has 0 bridgehead atoms. The predicted octanol–water partition coefficient (Wildman–Crippen LogP) is -2.07. The van der Waals surface area contributed by atoms with Gasteiger partial charge in [0, 0.05) is 18.2 Å². The minimum absolute atomic E-state index is 0.0638. The van der Waals surface area contributed by atoms with Crippen LogP contribution in [-0.2, 0) is 9.09 Å². The molecule has 5 N–H and O–H groups in total. The van der Waals surface area contributed by atoms with Crippen LogP contribution in [0.2, 0.25) is 0 Å². The number of rotatable bonds is 4. The van der Waals surface area contributed by atoms with Gasteiger partial charge in [0.25, 0.3) is 5.56 Å². The molecule has 4 unspecified atom stereocenters. The molecule has 0 saturated heterocycles. The molecule has 1 fully saturated rings. The van der Waals surface area contributed by atoms with Gasteiger partial charge >= 0.3 is 13.5 Å². The van der Waals surface area contributed by atoms with Crippen molar-refractivity contribution in [1.29, 1.82) is 0 Å². The van der Waals surface area contributed by atoms with Crippen LogP contribution in [0.4, 0.5) is 0 Å². The largest absolute Gasteiger partial charge is 0.469 e. The van der Waals surface area contributed by atoms with Crippen LogP contribution in [0.3, 0.4) is 0 Å². The minimum Gasteiger partial charge on any atom is -0.390 e. The monoisotopic (exact) mass is 322 g/mol. The summed E-state index contributed by atoms with van der Waals surface area (Å²) in [6.45, 7) is -0.461. The van der Waals surface area contributed by atoms with Gasteiger partial charge in [-0.2, -0.15) is 0 Å². The van der Waals surface area contributed by atoms with Crippen molar-refractivity contribution < 1.29 is 29.1 Å². The van der Waals surface area contributed by atoms with Gasteiger partial charge < -0.3 is 20.0 Å². The molecule has 0 aliphatic heterocycles. The first-order valence-corrected chi connectivity index (χ1v) is 7.60. The summed E-state index contributed by atoms with van der Waals surface area (Å²) >= 11 is 0. The maximum Gasteiger partial charge on any atom is 0.469 e. The van der Waals surface area contributed by atoms with Gasteiger partial charge in [-0.3, -0.25) is 18.9 Å². The third-order valence-electron chi connectivity index (χ3n) is 3.44. The van der Waals surface area contributed by atoms with Gasteiger partial charge in [-0.1, -0.05) is 0 Å². The SMILES string of the molecule is O=c1ccn(C2CC(COP(=O)(O)O)C(O)C2O)c(=O)[nH]1. The van der Waals surface area contributed by atoms with E-state index in [9.17, 15) is 24.4 Å². The van der Waals surface area contributed by atoms with Crippen molar-refractivity contribution in [1.82, 2.24) is 9.55 Å². The number of aromatic amines is 1. The molecule has 0 aromatic carbocycles. The number of nitrogens with one attached hydrogen (secondary N) is 1. The second-order valence-electron chi connectivity index (χ2n) is 4.85. The zero-order valence-corrected chi connectivity index (χ0v) is 11.6. The maximum absolute atomic E-state index is 11.7. The Hall–Kier alpha value is -1.29. The summed E-state index contributed by atoms with van der Waals surface area (Å²) in [4.78, 5) is 42.0. The highest BCUT2D eigenvalue weighted by molar-refractivity contribution is 7.46. The molecule has 11 heteroatoms. The highest BCUT2D eigenvalue weighted by Gasteiger charge is 2.43. The summed E-state index contributed by atoms with van der Waals surface area (Å²) in [7, 11) is -4.68. The molecular formula is C10H15N2O8P. The van der Waals surface area contributed by atoms with Crippen molar-refractivity contribution in [2.75, 3.05) is 6.61 Å². The summed E-state index contributed by atoms with van der Waals surface area (Å²) in [5, 5.41) is 19.8. The van der Waals surface area contributed by atoms with E-state index in [1.54, 1.807) is 0 Å². The lowest BCUT2D eigenvalue weighted by atomic mass is 10.1. The first kappa shape index (κ1) is 16.1. The lowest BCUT2D eigenvalue weighted by Crippen LogP contribution is -2.37. The zero-order chi connectivity index (χ0) is 15.8.